The summed E-state index contributed by atoms with van der Waals surface area (Å²) < 4.78 is 5.55. The Kier molecular flexibility index (Phi) is 10.9. The Morgan fingerprint density at radius 2 is 1.10 bits per heavy atom. The SMILES string of the molecule is CC1CC2CC(C)CC(c3ccc(N4B5c6sc7cc8ccccc8cc7c6N(c6ccc(C(C)(C)C)cc6-c6ccccc6)c6cc7c(sc8ccccc87)c(c65)-c5cc(C67CC(C)CC(CC(C)C6)C7)ccc54)cc3)(C1)C2. The Labute approximate surface area is 477 Å². The predicted octanol–water partition coefficient (Wildman–Crippen LogP) is 20.3. The van der Waals surface area contributed by atoms with Crippen molar-refractivity contribution in [1.82, 2.24) is 0 Å². The van der Waals surface area contributed by atoms with Gasteiger partial charge in [0.2, 0.25) is 0 Å². The first-order valence-electron chi connectivity index (χ1n) is 30.3. The van der Waals surface area contributed by atoms with Gasteiger partial charge >= 0.3 is 6.85 Å². The highest BCUT2D eigenvalue weighted by Crippen LogP contribution is 2.60. The molecule has 0 radical (unpaired) electrons. The molecule has 4 atom stereocenters. The van der Waals surface area contributed by atoms with Gasteiger partial charge in [-0.3, -0.25) is 0 Å². The fourth-order valence-electron chi connectivity index (χ4n) is 18.4. The molecule has 0 spiro atoms. The molecule has 4 bridgehead atoms. The lowest BCUT2D eigenvalue weighted by Crippen LogP contribution is -2.60. The van der Waals surface area contributed by atoms with Gasteiger partial charge in [0, 0.05) is 68.8 Å². The van der Waals surface area contributed by atoms with Crippen molar-refractivity contribution in [2.45, 2.75) is 129 Å². The maximum atomic E-state index is 2.85. The molecule has 2 aromatic heterocycles. The third kappa shape index (κ3) is 7.53. The largest absolute Gasteiger partial charge is 0.376 e. The number of hydrogen-bond acceptors (Lipinski definition) is 4. The smallest absolute Gasteiger partial charge is 0.343 e. The van der Waals surface area contributed by atoms with Crippen LogP contribution in [0.3, 0.4) is 0 Å². The summed E-state index contributed by atoms with van der Waals surface area (Å²) >= 11 is 4.06. The molecule has 10 aromatic rings. The fraction of sp³-hybridized carbons (Fsp3) is 0.351. The van der Waals surface area contributed by atoms with Gasteiger partial charge in [0.15, 0.2) is 0 Å². The maximum absolute atomic E-state index is 2.85. The number of anilines is 5. The van der Waals surface area contributed by atoms with Gasteiger partial charge in [0.05, 0.1) is 11.4 Å². The van der Waals surface area contributed by atoms with Crippen LogP contribution in [0.15, 0.2) is 158 Å². The molecule has 5 heteroatoms. The second-order valence-corrected chi connectivity index (χ2v) is 29.9. The molecule has 4 heterocycles. The number of thiophene rings is 2. The summed E-state index contributed by atoms with van der Waals surface area (Å²) in [4.78, 5) is 5.62. The van der Waals surface area contributed by atoms with Crippen LogP contribution in [0.4, 0.5) is 28.4 Å². The number of nitrogens with zero attached hydrogens (tertiary/aromatic N) is 2. The highest BCUT2D eigenvalue weighted by molar-refractivity contribution is 7.33. The first kappa shape index (κ1) is 48.7. The summed E-state index contributed by atoms with van der Waals surface area (Å²) in [5, 5.41) is 6.63. The molecule has 6 aliphatic rings. The molecule has 16 rings (SSSR count). The van der Waals surface area contributed by atoms with Gasteiger partial charge in [-0.1, -0.05) is 146 Å². The highest BCUT2D eigenvalue weighted by Gasteiger charge is 2.51. The van der Waals surface area contributed by atoms with E-state index < -0.39 is 0 Å². The number of fused-ring (bicyclic) bond motifs is 15. The number of benzene rings is 8. The molecule has 8 aromatic carbocycles. The van der Waals surface area contributed by atoms with Crippen molar-refractivity contribution in [3.8, 4) is 22.3 Å². The standard InChI is InChI=1S/C74H73BN2S2/c1-44-29-48-30-45(2)39-73(38-44,42-48)53-21-25-56(26-22-53)77-63-28-24-55(74-40-46(3)31-49(43-74)32-47(4)41-74)36-60(63)67-68-64(37-59-57-19-13-14-20-65(57)78-70(59)67)76(62-27-23-54(72(5,6)7)35-58(62)50-15-9-8-10-16-50)69-61-33-51-17-11-12-18-52(51)34-66(61)79-71(69)75(68)77/h8-28,33-37,44-49H,29-32,38-43H2,1-7H3. The van der Waals surface area contributed by atoms with E-state index in [0.717, 1.165) is 35.5 Å². The topological polar surface area (TPSA) is 6.48 Å². The quantitative estimate of drug-likeness (QED) is 0.159. The van der Waals surface area contributed by atoms with Gasteiger partial charge < -0.3 is 9.71 Å². The number of hydrogen-bond donors (Lipinski definition) is 0. The molecule has 4 fully saturated rings. The van der Waals surface area contributed by atoms with Gasteiger partial charge in [-0.2, -0.15) is 0 Å². The lowest BCUT2D eigenvalue weighted by Gasteiger charge is -2.51. The number of rotatable bonds is 5. The zero-order valence-electron chi connectivity index (χ0n) is 47.3. The molecule has 4 unspecified atom stereocenters. The summed E-state index contributed by atoms with van der Waals surface area (Å²) in [6.07, 6.45) is 13.4. The van der Waals surface area contributed by atoms with Crippen molar-refractivity contribution in [2.75, 3.05) is 9.71 Å². The predicted molar refractivity (Wildman–Crippen MR) is 343 cm³/mol. The average Bonchev–Trinajstić information content (AvgIpc) is 3.25. The van der Waals surface area contributed by atoms with Crippen LogP contribution in [0.25, 0.3) is 63.3 Å². The van der Waals surface area contributed by atoms with Gasteiger partial charge in [-0.15, -0.1) is 22.7 Å². The van der Waals surface area contributed by atoms with E-state index in [2.05, 4.69) is 216 Å². The third-order valence-corrected chi connectivity index (χ3v) is 23.2. The Morgan fingerprint density at radius 3 is 1.78 bits per heavy atom. The Morgan fingerprint density at radius 1 is 0.494 bits per heavy atom. The van der Waals surface area contributed by atoms with E-state index in [1.807, 2.05) is 22.7 Å². The Hall–Kier alpha value is -6.14. The van der Waals surface area contributed by atoms with Crippen LogP contribution < -0.4 is 20.0 Å². The monoisotopic (exact) mass is 1060 g/mol. The lowest BCUT2D eigenvalue weighted by atomic mass is 9.46. The molecular formula is C74H73BN2S2. The van der Waals surface area contributed by atoms with E-state index in [0.29, 0.717) is 0 Å². The van der Waals surface area contributed by atoms with E-state index in [1.54, 1.807) is 11.1 Å². The second-order valence-electron chi connectivity index (χ2n) is 27.8. The second kappa shape index (κ2) is 17.7. The minimum Gasteiger partial charge on any atom is -0.376 e. The Balaban J connectivity index is 1.02. The van der Waals surface area contributed by atoms with Crippen LogP contribution in [0.2, 0.25) is 0 Å². The van der Waals surface area contributed by atoms with Gasteiger partial charge in [-0.25, -0.2) is 0 Å². The summed E-state index contributed by atoms with van der Waals surface area (Å²) in [6.45, 7) is 17.2. The minimum absolute atomic E-state index is 0.0308. The van der Waals surface area contributed by atoms with Gasteiger partial charge in [-0.05, 0) is 215 Å². The molecule has 0 saturated heterocycles. The Bertz CT molecular complexity index is 4060. The van der Waals surface area contributed by atoms with Crippen molar-refractivity contribution in [2.24, 2.45) is 35.5 Å². The fourth-order valence-corrected chi connectivity index (χ4v) is 21.0. The first-order chi connectivity index (χ1) is 38.3. The summed E-state index contributed by atoms with van der Waals surface area (Å²) in [7, 11) is 0. The normalized spacial score (nSPS) is 26.2. The van der Waals surface area contributed by atoms with E-state index in [1.165, 1.54) is 172 Å². The molecular weight excluding hydrogens is 992 g/mol. The van der Waals surface area contributed by atoms with Crippen molar-refractivity contribution < 1.29 is 0 Å². The zero-order valence-corrected chi connectivity index (χ0v) is 49.0. The van der Waals surface area contributed by atoms with Crippen molar-refractivity contribution >= 4 is 109 Å². The van der Waals surface area contributed by atoms with Gasteiger partial charge in [0.1, 0.15) is 0 Å². The van der Waals surface area contributed by atoms with E-state index in [4.69, 9.17) is 0 Å². The minimum atomic E-state index is -0.0662. The molecule has 394 valence electrons. The van der Waals surface area contributed by atoms with Crippen LogP contribution >= 0.6 is 22.7 Å². The average molecular weight is 1070 g/mol. The van der Waals surface area contributed by atoms with Crippen molar-refractivity contribution in [3.05, 3.63) is 174 Å². The van der Waals surface area contributed by atoms with E-state index in [-0.39, 0.29) is 23.1 Å². The lowest BCUT2D eigenvalue weighted by molar-refractivity contribution is 0.0779. The molecule has 79 heavy (non-hydrogen) atoms. The van der Waals surface area contributed by atoms with E-state index >= 15 is 0 Å². The van der Waals surface area contributed by atoms with Crippen molar-refractivity contribution in [3.63, 3.8) is 0 Å². The molecule has 2 aliphatic heterocycles. The van der Waals surface area contributed by atoms with Crippen LogP contribution in [-0.4, -0.2) is 6.85 Å². The third-order valence-electron chi connectivity index (χ3n) is 20.8. The molecule has 4 aliphatic carbocycles. The van der Waals surface area contributed by atoms with Crippen LogP contribution in [0, 0.1) is 35.5 Å². The van der Waals surface area contributed by atoms with Gasteiger partial charge in [0.25, 0.3) is 0 Å². The zero-order chi connectivity index (χ0) is 53.3. The van der Waals surface area contributed by atoms with Crippen LogP contribution in [0.5, 0.6) is 0 Å². The van der Waals surface area contributed by atoms with Crippen molar-refractivity contribution in [1.29, 1.82) is 0 Å². The van der Waals surface area contributed by atoms with Crippen LogP contribution in [-0.2, 0) is 16.2 Å². The van der Waals surface area contributed by atoms with E-state index in [9.17, 15) is 0 Å². The molecule has 0 N–H and O–H groups in total. The molecule has 0 amide bonds. The summed E-state index contributed by atoms with van der Waals surface area (Å²) in [6, 6.07) is 63.1. The maximum Gasteiger partial charge on any atom is 0.343 e. The molecule has 4 saturated carbocycles. The summed E-state index contributed by atoms with van der Waals surface area (Å²) in [5.74, 6) is 4.64. The molecule has 2 nitrogen and oxygen atoms in total. The highest BCUT2D eigenvalue weighted by atomic mass is 32.1. The summed E-state index contributed by atoms with van der Waals surface area (Å²) in [5.41, 5.74) is 18.3. The first-order valence-corrected chi connectivity index (χ1v) is 31.9. The van der Waals surface area contributed by atoms with Crippen LogP contribution in [0.1, 0.15) is 129 Å².